The fourth-order valence-corrected chi connectivity index (χ4v) is 1.78. The zero-order valence-corrected chi connectivity index (χ0v) is 8.85. The molecule has 1 fully saturated rings. The minimum Gasteiger partial charge on any atom is -0.381 e. The van der Waals surface area contributed by atoms with E-state index >= 15 is 0 Å². The molecular formula is C11H17N3O. The Morgan fingerprint density at radius 3 is 3.00 bits per heavy atom. The molecule has 4 heteroatoms. The molecule has 82 valence electrons. The van der Waals surface area contributed by atoms with Gasteiger partial charge in [0, 0.05) is 26.0 Å². The third-order valence-electron chi connectivity index (χ3n) is 2.72. The molecule has 2 rings (SSSR count). The van der Waals surface area contributed by atoms with Crippen molar-refractivity contribution in [2.75, 3.05) is 19.8 Å². The third-order valence-corrected chi connectivity index (χ3v) is 2.72. The Balaban J connectivity index is 1.66. The smallest absolute Gasteiger partial charge is 0.115 e. The lowest BCUT2D eigenvalue weighted by Gasteiger charge is -2.22. The number of rotatable bonds is 4. The molecular weight excluding hydrogens is 190 g/mol. The normalized spacial score (nSPS) is 17.9. The molecule has 4 nitrogen and oxygen atoms in total. The zero-order chi connectivity index (χ0) is 10.3. The van der Waals surface area contributed by atoms with Crippen molar-refractivity contribution in [2.24, 2.45) is 5.92 Å². The van der Waals surface area contributed by atoms with Crippen molar-refractivity contribution in [2.45, 2.75) is 19.4 Å². The van der Waals surface area contributed by atoms with Crippen molar-refractivity contribution in [3.8, 4) is 0 Å². The van der Waals surface area contributed by atoms with Gasteiger partial charge in [0.05, 0.1) is 5.69 Å². The summed E-state index contributed by atoms with van der Waals surface area (Å²) in [5, 5.41) is 3.43. The number of hydrogen-bond donors (Lipinski definition) is 1. The Morgan fingerprint density at radius 2 is 2.27 bits per heavy atom. The second kappa shape index (κ2) is 5.78. The van der Waals surface area contributed by atoms with Gasteiger partial charge in [0.15, 0.2) is 0 Å². The number of hydrogen-bond acceptors (Lipinski definition) is 4. The maximum absolute atomic E-state index is 5.32. The van der Waals surface area contributed by atoms with E-state index in [-0.39, 0.29) is 0 Å². The van der Waals surface area contributed by atoms with Crippen LogP contribution in [-0.4, -0.2) is 29.7 Å². The minimum atomic E-state index is 0.764. The van der Waals surface area contributed by atoms with Gasteiger partial charge in [0.25, 0.3) is 0 Å². The maximum atomic E-state index is 5.32. The highest BCUT2D eigenvalue weighted by Crippen LogP contribution is 2.13. The number of nitrogens with one attached hydrogen (secondary N) is 1. The minimum absolute atomic E-state index is 0.764. The van der Waals surface area contributed by atoms with Crippen LogP contribution in [0.2, 0.25) is 0 Å². The lowest BCUT2D eigenvalue weighted by Crippen LogP contribution is -2.27. The lowest BCUT2D eigenvalue weighted by atomic mass is 10.0. The van der Waals surface area contributed by atoms with Crippen LogP contribution in [0, 0.1) is 5.92 Å². The highest BCUT2D eigenvalue weighted by Gasteiger charge is 2.12. The first-order chi connectivity index (χ1) is 7.45. The van der Waals surface area contributed by atoms with Crippen molar-refractivity contribution < 1.29 is 4.74 Å². The molecule has 0 aromatic carbocycles. The lowest BCUT2D eigenvalue weighted by molar-refractivity contribution is 0.0662. The van der Waals surface area contributed by atoms with E-state index in [1.54, 1.807) is 12.5 Å². The van der Waals surface area contributed by atoms with E-state index < -0.39 is 0 Å². The van der Waals surface area contributed by atoms with E-state index in [1.807, 2.05) is 6.07 Å². The van der Waals surface area contributed by atoms with Gasteiger partial charge in [-0.1, -0.05) is 0 Å². The Morgan fingerprint density at radius 1 is 1.40 bits per heavy atom. The highest BCUT2D eigenvalue weighted by molar-refractivity contribution is 4.96. The van der Waals surface area contributed by atoms with E-state index in [0.29, 0.717) is 0 Å². The summed E-state index contributed by atoms with van der Waals surface area (Å²) < 4.78 is 5.32. The second-order valence-corrected chi connectivity index (χ2v) is 3.89. The first-order valence-corrected chi connectivity index (χ1v) is 5.48. The van der Waals surface area contributed by atoms with Crippen LogP contribution in [0.4, 0.5) is 0 Å². The standard InChI is InChI=1S/C11H17N3O/c1-4-12-9-14-11(1)8-13-7-10-2-5-15-6-3-10/h1,4,9-10,13H,2-3,5-8H2. The summed E-state index contributed by atoms with van der Waals surface area (Å²) in [5.41, 5.74) is 1.05. The van der Waals surface area contributed by atoms with Gasteiger partial charge in [-0.2, -0.15) is 0 Å². The third kappa shape index (κ3) is 3.57. The average molecular weight is 207 g/mol. The first-order valence-electron chi connectivity index (χ1n) is 5.48. The van der Waals surface area contributed by atoms with Gasteiger partial charge in [-0.3, -0.25) is 0 Å². The molecule has 1 aromatic heterocycles. The molecule has 0 unspecified atom stereocenters. The van der Waals surface area contributed by atoms with Crippen LogP contribution in [0.1, 0.15) is 18.5 Å². The SMILES string of the molecule is c1cc(CNCC2CCOCC2)ncn1. The van der Waals surface area contributed by atoms with E-state index in [1.165, 1.54) is 12.8 Å². The van der Waals surface area contributed by atoms with Crippen molar-refractivity contribution in [3.63, 3.8) is 0 Å². The quantitative estimate of drug-likeness (QED) is 0.800. The number of ether oxygens (including phenoxy) is 1. The monoisotopic (exact) mass is 207 g/mol. The van der Waals surface area contributed by atoms with Crippen LogP contribution < -0.4 is 5.32 Å². The summed E-state index contributed by atoms with van der Waals surface area (Å²) in [4.78, 5) is 8.05. The predicted molar refractivity (Wildman–Crippen MR) is 57.3 cm³/mol. The summed E-state index contributed by atoms with van der Waals surface area (Å²) in [6, 6.07) is 1.94. The predicted octanol–water partition coefficient (Wildman–Crippen LogP) is 0.993. The van der Waals surface area contributed by atoms with Gasteiger partial charge in [-0.15, -0.1) is 0 Å². The summed E-state index contributed by atoms with van der Waals surface area (Å²) in [5.74, 6) is 0.764. The molecule has 0 atom stereocenters. The molecule has 0 saturated carbocycles. The summed E-state index contributed by atoms with van der Waals surface area (Å²) >= 11 is 0. The van der Waals surface area contributed by atoms with Gasteiger partial charge in [-0.25, -0.2) is 9.97 Å². The van der Waals surface area contributed by atoms with Gasteiger partial charge in [0.2, 0.25) is 0 Å². The topological polar surface area (TPSA) is 47.0 Å². The van der Waals surface area contributed by atoms with Crippen LogP contribution >= 0.6 is 0 Å². The Hall–Kier alpha value is -1.00. The summed E-state index contributed by atoms with van der Waals surface area (Å²) in [6.07, 6.45) is 5.72. The van der Waals surface area contributed by atoms with Gasteiger partial charge in [0.1, 0.15) is 6.33 Å². The Kier molecular flexibility index (Phi) is 4.05. The fourth-order valence-electron chi connectivity index (χ4n) is 1.78. The first kappa shape index (κ1) is 10.5. The molecule has 0 bridgehead atoms. The molecule has 2 heterocycles. The van der Waals surface area contributed by atoms with E-state index in [4.69, 9.17) is 4.74 Å². The van der Waals surface area contributed by atoms with Crippen molar-refractivity contribution in [1.82, 2.24) is 15.3 Å². The molecule has 1 aliphatic rings. The van der Waals surface area contributed by atoms with Crippen molar-refractivity contribution in [3.05, 3.63) is 24.3 Å². The molecule has 1 saturated heterocycles. The number of nitrogens with zero attached hydrogens (tertiary/aromatic N) is 2. The van der Waals surface area contributed by atoms with E-state index in [0.717, 1.165) is 37.9 Å². The molecule has 0 amide bonds. The van der Waals surface area contributed by atoms with Gasteiger partial charge >= 0.3 is 0 Å². The fraction of sp³-hybridized carbons (Fsp3) is 0.636. The van der Waals surface area contributed by atoms with Gasteiger partial charge in [-0.05, 0) is 31.4 Å². The molecule has 1 aromatic rings. The van der Waals surface area contributed by atoms with Crippen LogP contribution in [0.15, 0.2) is 18.6 Å². The van der Waals surface area contributed by atoms with E-state index in [2.05, 4.69) is 15.3 Å². The molecule has 0 radical (unpaired) electrons. The zero-order valence-electron chi connectivity index (χ0n) is 8.85. The number of aromatic nitrogens is 2. The maximum Gasteiger partial charge on any atom is 0.115 e. The second-order valence-electron chi connectivity index (χ2n) is 3.89. The molecule has 0 aliphatic carbocycles. The highest BCUT2D eigenvalue weighted by atomic mass is 16.5. The molecule has 15 heavy (non-hydrogen) atoms. The van der Waals surface area contributed by atoms with Crippen LogP contribution in [0.25, 0.3) is 0 Å². The van der Waals surface area contributed by atoms with Crippen molar-refractivity contribution in [1.29, 1.82) is 0 Å². The van der Waals surface area contributed by atoms with Crippen LogP contribution in [0.5, 0.6) is 0 Å². The molecule has 0 spiro atoms. The summed E-state index contributed by atoms with van der Waals surface area (Å²) in [7, 11) is 0. The summed E-state index contributed by atoms with van der Waals surface area (Å²) in [6.45, 7) is 3.73. The average Bonchev–Trinajstić information content (AvgIpc) is 2.32. The van der Waals surface area contributed by atoms with Crippen LogP contribution in [0.3, 0.4) is 0 Å². The Labute approximate surface area is 90.1 Å². The Bertz CT molecular complexity index is 272. The molecule has 1 aliphatic heterocycles. The molecule has 1 N–H and O–H groups in total. The van der Waals surface area contributed by atoms with E-state index in [9.17, 15) is 0 Å². The largest absolute Gasteiger partial charge is 0.381 e. The van der Waals surface area contributed by atoms with Crippen molar-refractivity contribution >= 4 is 0 Å². The van der Waals surface area contributed by atoms with Crippen LogP contribution in [-0.2, 0) is 11.3 Å². The van der Waals surface area contributed by atoms with Gasteiger partial charge < -0.3 is 10.1 Å².